The molecule has 1 aromatic carbocycles. The number of likely N-dealkylation sites (N-methyl/N-ethyl adjacent to an activating group) is 1. The summed E-state index contributed by atoms with van der Waals surface area (Å²) in [7, 11) is 2.16. The van der Waals surface area contributed by atoms with Gasteiger partial charge in [0.2, 0.25) is 5.91 Å². The van der Waals surface area contributed by atoms with Crippen molar-refractivity contribution in [3.05, 3.63) is 62.5 Å². The van der Waals surface area contributed by atoms with Gasteiger partial charge in [-0.1, -0.05) is 23.7 Å². The highest BCUT2D eigenvalue weighted by molar-refractivity contribution is 7.15. The maximum atomic E-state index is 12.8. The first-order valence-electron chi connectivity index (χ1n) is 12.9. The van der Waals surface area contributed by atoms with Gasteiger partial charge in [-0.2, -0.15) is 0 Å². The number of hydrogen-bond acceptors (Lipinski definition) is 7. The van der Waals surface area contributed by atoms with Crippen LogP contribution in [-0.2, 0) is 4.79 Å². The van der Waals surface area contributed by atoms with Crippen molar-refractivity contribution in [2.75, 3.05) is 46.3 Å². The summed E-state index contributed by atoms with van der Waals surface area (Å²) in [5.41, 5.74) is 4.18. The van der Waals surface area contributed by atoms with Crippen LogP contribution >= 0.6 is 22.9 Å². The molecule has 1 amide bonds. The molecule has 10 heteroatoms. The van der Waals surface area contributed by atoms with Crippen LogP contribution in [0.2, 0.25) is 5.02 Å². The van der Waals surface area contributed by atoms with Crippen LogP contribution in [0.3, 0.4) is 0 Å². The summed E-state index contributed by atoms with van der Waals surface area (Å²) in [5, 5.41) is 13.8. The van der Waals surface area contributed by atoms with E-state index >= 15 is 0 Å². The lowest BCUT2D eigenvalue weighted by atomic mass is 10.00. The van der Waals surface area contributed by atoms with Crippen molar-refractivity contribution in [1.82, 2.24) is 29.9 Å². The second kappa shape index (κ2) is 11.0. The van der Waals surface area contributed by atoms with E-state index in [2.05, 4.69) is 50.8 Å². The van der Waals surface area contributed by atoms with E-state index in [1.807, 2.05) is 31.2 Å². The third-order valence-electron chi connectivity index (χ3n) is 7.32. The Balaban J connectivity index is 1.37. The molecule has 1 N–H and O–H groups in total. The van der Waals surface area contributed by atoms with Crippen molar-refractivity contribution in [1.29, 1.82) is 0 Å². The normalized spacial score (nSPS) is 18.2. The molecule has 0 aliphatic carbocycles. The molecule has 0 spiro atoms. The molecule has 2 aliphatic heterocycles. The van der Waals surface area contributed by atoms with Gasteiger partial charge in [0.05, 0.1) is 5.71 Å². The molecule has 1 atom stereocenters. The molecule has 0 unspecified atom stereocenters. The van der Waals surface area contributed by atoms with Crippen LogP contribution in [0, 0.1) is 20.8 Å². The van der Waals surface area contributed by atoms with E-state index in [0.717, 1.165) is 72.6 Å². The first kappa shape index (κ1) is 26.0. The molecule has 2 aromatic heterocycles. The van der Waals surface area contributed by atoms with Gasteiger partial charge in [0.15, 0.2) is 5.82 Å². The number of aliphatic imine (C=N–C) groups is 1. The Morgan fingerprint density at radius 3 is 2.57 bits per heavy atom. The number of rotatable bonds is 7. The summed E-state index contributed by atoms with van der Waals surface area (Å²) >= 11 is 7.92. The summed E-state index contributed by atoms with van der Waals surface area (Å²) in [6.45, 7) is 11.9. The SMILES string of the molecule is Cc1sc2c(c1C)C(c1ccc(Cl)cc1)=N[C@@H](CNC(=O)CCCN1CCN(C)CC1)c1nnc(C)n1-2. The minimum Gasteiger partial charge on any atom is -0.353 e. The van der Waals surface area contributed by atoms with E-state index in [4.69, 9.17) is 16.6 Å². The van der Waals surface area contributed by atoms with E-state index in [0.29, 0.717) is 18.0 Å². The van der Waals surface area contributed by atoms with Crippen LogP contribution < -0.4 is 5.32 Å². The summed E-state index contributed by atoms with van der Waals surface area (Å²) in [5.74, 6) is 1.61. The van der Waals surface area contributed by atoms with Crippen molar-refractivity contribution in [2.24, 2.45) is 4.99 Å². The highest BCUT2D eigenvalue weighted by Crippen LogP contribution is 2.38. The van der Waals surface area contributed by atoms with Crippen LogP contribution in [0.25, 0.3) is 5.00 Å². The zero-order valence-electron chi connectivity index (χ0n) is 21.9. The van der Waals surface area contributed by atoms with E-state index in [1.165, 1.54) is 10.4 Å². The minimum absolute atomic E-state index is 0.0474. The Morgan fingerprint density at radius 2 is 1.84 bits per heavy atom. The van der Waals surface area contributed by atoms with Gasteiger partial charge in [0.1, 0.15) is 16.9 Å². The van der Waals surface area contributed by atoms with Crippen molar-refractivity contribution in [2.45, 2.75) is 39.7 Å². The van der Waals surface area contributed by atoms with Gasteiger partial charge < -0.3 is 15.1 Å². The fraction of sp³-hybridized carbons (Fsp3) is 0.481. The van der Waals surface area contributed by atoms with Gasteiger partial charge in [0, 0.05) is 60.2 Å². The molecule has 4 heterocycles. The lowest BCUT2D eigenvalue weighted by Crippen LogP contribution is -2.44. The molecule has 0 saturated carbocycles. The second-order valence-electron chi connectivity index (χ2n) is 9.96. The van der Waals surface area contributed by atoms with Crippen LogP contribution in [0.15, 0.2) is 29.3 Å². The number of carbonyl (C=O) groups excluding carboxylic acids is 1. The summed E-state index contributed by atoms with van der Waals surface area (Å²) in [4.78, 5) is 24.0. The lowest BCUT2D eigenvalue weighted by molar-refractivity contribution is -0.121. The van der Waals surface area contributed by atoms with Crippen molar-refractivity contribution in [3.63, 3.8) is 0 Å². The molecule has 3 aromatic rings. The monoisotopic (exact) mass is 539 g/mol. The Bertz CT molecular complexity index is 1310. The second-order valence-corrected chi connectivity index (χ2v) is 11.6. The van der Waals surface area contributed by atoms with Gasteiger partial charge in [0.25, 0.3) is 0 Å². The van der Waals surface area contributed by atoms with Crippen LogP contribution in [0.1, 0.15) is 52.1 Å². The number of amides is 1. The number of nitrogens with zero attached hydrogens (tertiary/aromatic N) is 6. The molecule has 5 rings (SSSR count). The summed E-state index contributed by atoms with van der Waals surface area (Å²) in [6.07, 6.45) is 1.36. The Morgan fingerprint density at radius 1 is 1.11 bits per heavy atom. The number of aromatic nitrogens is 3. The molecular weight excluding hydrogens is 506 g/mol. The standard InChI is InChI=1S/C27H34ClN7OS/c1-17-18(2)37-27-24(17)25(20-7-9-21(28)10-8-20)30-22(26-32-31-19(3)35(26)27)16-29-23(36)6-5-11-34-14-12-33(4)13-15-34/h7-10,22H,5-6,11-16H2,1-4H3,(H,29,36)/t22-/m0/s1. The average molecular weight is 540 g/mol. The highest BCUT2D eigenvalue weighted by Gasteiger charge is 2.31. The van der Waals surface area contributed by atoms with Crippen LogP contribution in [-0.4, -0.2) is 82.5 Å². The zero-order chi connectivity index (χ0) is 26.1. The minimum atomic E-state index is -0.354. The van der Waals surface area contributed by atoms with Gasteiger partial charge in [-0.25, -0.2) is 0 Å². The molecule has 0 radical (unpaired) electrons. The van der Waals surface area contributed by atoms with Gasteiger partial charge in [-0.15, -0.1) is 21.5 Å². The van der Waals surface area contributed by atoms with Gasteiger partial charge in [-0.05, 0) is 58.5 Å². The Hall–Kier alpha value is -2.59. The van der Waals surface area contributed by atoms with Crippen molar-refractivity contribution < 1.29 is 4.79 Å². The molecule has 1 saturated heterocycles. The number of aryl methyl sites for hydroxylation is 2. The molecule has 37 heavy (non-hydrogen) atoms. The number of thiophene rings is 1. The Kier molecular flexibility index (Phi) is 7.76. The largest absolute Gasteiger partial charge is 0.353 e. The third-order valence-corrected chi connectivity index (χ3v) is 8.77. The quantitative estimate of drug-likeness (QED) is 0.492. The number of hydrogen-bond donors (Lipinski definition) is 1. The fourth-order valence-corrected chi connectivity index (χ4v) is 6.31. The van der Waals surface area contributed by atoms with E-state index in [1.54, 1.807) is 11.3 Å². The number of fused-ring (bicyclic) bond motifs is 3. The van der Waals surface area contributed by atoms with Gasteiger partial charge in [-0.3, -0.25) is 14.4 Å². The highest BCUT2D eigenvalue weighted by atomic mass is 35.5. The van der Waals surface area contributed by atoms with Crippen LogP contribution in [0.5, 0.6) is 0 Å². The molecule has 2 aliphatic rings. The van der Waals surface area contributed by atoms with E-state index in [9.17, 15) is 4.79 Å². The molecular formula is C27H34ClN7OS. The van der Waals surface area contributed by atoms with Crippen molar-refractivity contribution >= 4 is 34.6 Å². The third kappa shape index (κ3) is 5.50. The molecule has 1 fully saturated rings. The van der Waals surface area contributed by atoms with E-state index < -0.39 is 0 Å². The predicted molar refractivity (Wildman–Crippen MR) is 149 cm³/mol. The number of nitrogens with one attached hydrogen (secondary N) is 1. The van der Waals surface area contributed by atoms with Crippen LogP contribution in [0.4, 0.5) is 0 Å². The number of carbonyl (C=O) groups is 1. The first-order valence-corrected chi connectivity index (χ1v) is 14.0. The van der Waals surface area contributed by atoms with E-state index in [-0.39, 0.29) is 11.9 Å². The number of halogens is 1. The molecule has 0 bridgehead atoms. The molecule has 196 valence electrons. The van der Waals surface area contributed by atoms with Crippen molar-refractivity contribution in [3.8, 4) is 5.00 Å². The number of benzene rings is 1. The fourth-order valence-electron chi connectivity index (χ4n) is 4.97. The summed E-state index contributed by atoms with van der Waals surface area (Å²) < 4.78 is 2.11. The smallest absolute Gasteiger partial charge is 0.220 e. The van der Waals surface area contributed by atoms with Gasteiger partial charge >= 0.3 is 0 Å². The first-order chi connectivity index (χ1) is 17.8. The predicted octanol–water partition coefficient (Wildman–Crippen LogP) is 3.94. The lowest BCUT2D eigenvalue weighted by Gasteiger charge is -2.32. The Labute approximate surface area is 227 Å². The molecule has 8 nitrogen and oxygen atoms in total. The zero-order valence-corrected chi connectivity index (χ0v) is 23.5. The maximum Gasteiger partial charge on any atom is 0.220 e. The topological polar surface area (TPSA) is 78.7 Å². The average Bonchev–Trinajstić information content (AvgIpc) is 3.35. The summed E-state index contributed by atoms with van der Waals surface area (Å²) in [6, 6.07) is 7.43. The number of piperazine rings is 1. The maximum absolute atomic E-state index is 12.8.